The molecule has 0 aliphatic rings. The Balaban J connectivity index is 2.69. The number of nitrogen functional groups attached to an aromatic ring is 1. The third-order valence-corrected chi connectivity index (χ3v) is 3.14. The van der Waals surface area contributed by atoms with Crippen molar-refractivity contribution in [3.05, 3.63) is 16.5 Å². The third-order valence-electron chi connectivity index (χ3n) is 2.11. The fraction of sp³-hybridized carbons (Fsp3) is 0.545. The van der Waals surface area contributed by atoms with Crippen molar-refractivity contribution in [2.45, 2.75) is 13.3 Å². The molecule has 0 radical (unpaired) electrons. The second-order valence-corrected chi connectivity index (χ2v) is 4.93. The van der Waals surface area contributed by atoms with Crippen LogP contribution in [0.1, 0.15) is 22.2 Å². The lowest BCUT2D eigenvalue weighted by Gasteiger charge is -2.06. The number of thiophene rings is 1. The number of nitrogens with zero attached hydrogens (tertiary/aromatic N) is 1. The van der Waals surface area contributed by atoms with Crippen molar-refractivity contribution in [2.24, 2.45) is 0 Å². The van der Waals surface area contributed by atoms with Crippen LogP contribution in [0.25, 0.3) is 0 Å². The Labute approximate surface area is 100 Å². The molecule has 0 aromatic carbocycles. The van der Waals surface area contributed by atoms with Crippen molar-refractivity contribution in [1.29, 1.82) is 0 Å². The number of rotatable bonds is 5. The summed E-state index contributed by atoms with van der Waals surface area (Å²) >= 11 is 1.46. The van der Waals surface area contributed by atoms with Crippen molar-refractivity contribution in [3.63, 3.8) is 0 Å². The minimum Gasteiger partial charge on any atom is -0.462 e. The van der Waals surface area contributed by atoms with Crippen molar-refractivity contribution in [3.8, 4) is 0 Å². The summed E-state index contributed by atoms with van der Waals surface area (Å²) in [5.74, 6) is -0.327. The van der Waals surface area contributed by atoms with Gasteiger partial charge in [-0.2, -0.15) is 0 Å². The molecule has 0 spiro atoms. The van der Waals surface area contributed by atoms with E-state index in [0.29, 0.717) is 17.2 Å². The first-order chi connectivity index (χ1) is 7.54. The molecule has 5 heteroatoms. The van der Waals surface area contributed by atoms with E-state index in [2.05, 4.69) is 4.90 Å². The predicted octanol–water partition coefficient (Wildman–Crippen LogP) is 1.61. The molecule has 1 rings (SSSR count). The van der Waals surface area contributed by atoms with E-state index in [-0.39, 0.29) is 5.97 Å². The summed E-state index contributed by atoms with van der Waals surface area (Å²) in [7, 11) is 4.03. The van der Waals surface area contributed by atoms with Gasteiger partial charge in [0.1, 0.15) is 5.00 Å². The summed E-state index contributed by atoms with van der Waals surface area (Å²) < 4.78 is 4.92. The number of carbonyl (C=O) groups excluding carboxylic acids is 1. The van der Waals surface area contributed by atoms with Gasteiger partial charge < -0.3 is 15.4 Å². The van der Waals surface area contributed by atoms with E-state index < -0.39 is 0 Å². The smallest absolute Gasteiger partial charge is 0.341 e. The van der Waals surface area contributed by atoms with Crippen LogP contribution in [0.5, 0.6) is 0 Å². The summed E-state index contributed by atoms with van der Waals surface area (Å²) in [5, 5.41) is 0.548. The van der Waals surface area contributed by atoms with Gasteiger partial charge >= 0.3 is 5.97 Å². The van der Waals surface area contributed by atoms with Gasteiger partial charge in [-0.15, -0.1) is 11.3 Å². The molecule has 0 amide bonds. The number of esters is 1. The molecule has 0 aliphatic carbocycles. The number of ether oxygens (including phenoxy) is 1. The zero-order chi connectivity index (χ0) is 12.1. The first kappa shape index (κ1) is 13.0. The molecular weight excluding hydrogens is 224 g/mol. The van der Waals surface area contributed by atoms with Gasteiger partial charge in [0.15, 0.2) is 0 Å². The van der Waals surface area contributed by atoms with E-state index in [1.165, 1.54) is 11.3 Å². The van der Waals surface area contributed by atoms with Gasteiger partial charge in [0.2, 0.25) is 0 Å². The minimum absolute atomic E-state index is 0.327. The molecule has 0 aliphatic heterocycles. The summed E-state index contributed by atoms with van der Waals surface area (Å²) in [5.41, 5.74) is 6.28. The molecule has 0 fully saturated rings. The van der Waals surface area contributed by atoms with Crippen molar-refractivity contribution in [1.82, 2.24) is 4.90 Å². The van der Waals surface area contributed by atoms with Gasteiger partial charge in [-0.05, 0) is 33.5 Å². The average Bonchev–Trinajstić information content (AvgIpc) is 2.57. The number of hydrogen-bond acceptors (Lipinski definition) is 5. The molecule has 0 atom stereocenters. The fourth-order valence-corrected chi connectivity index (χ4v) is 2.19. The number of nitrogens with two attached hydrogens (primary N) is 1. The maximum Gasteiger partial charge on any atom is 0.341 e. The van der Waals surface area contributed by atoms with Gasteiger partial charge in [0.05, 0.1) is 12.2 Å². The molecule has 90 valence electrons. The Hall–Kier alpha value is -1.07. The predicted molar refractivity (Wildman–Crippen MR) is 66.9 cm³/mol. The topological polar surface area (TPSA) is 55.6 Å². The van der Waals surface area contributed by atoms with Crippen LogP contribution in [0, 0.1) is 0 Å². The first-order valence-corrected chi connectivity index (χ1v) is 6.06. The van der Waals surface area contributed by atoms with Crippen molar-refractivity contribution >= 4 is 22.3 Å². The Morgan fingerprint density at radius 3 is 2.81 bits per heavy atom. The van der Waals surface area contributed by atoms with Crippen LogP contribution in [0.4, 0.5) is 5.00 Å². The number of carbonyl (C=O) groups is 1. The molecule has 16 heavy (non-hydrogen) atoms. The van der Waals surface area contributed by atoms with Crippen LogP contribution in [0.15, 0.2) is 6.07 Å². The fourth-order valence-electron chi connectivity index (χ4n) is 1.28. The number of hydrogen-bond donors (Lipinski definition) is 1. The summed E-state index contributed by atoms with van der Waals surface area (Å²) in [6, 6.07) is 1.83. The second kappa shape index (κ2) is 5.86. The van der Waals surface area contributed by atoms with Crippen LogP contribution in [-0.2, 0) is 11.2 Å². The van der Waals surface area contributed by atoms with E-state index in [1.54, 1.807) is 6.92 Å². The van der Waals surface area contributed by atoms with Crippen LogP contribution >= 0.6 is 11.3 Å². The Morgan fingerprint density at radius 1 is 1.56 bits per heavy atom. The van der Waals surface area contributed by atoms with E-state index in [0.717, 1.165) is 17.8 Å². The van der Waals surface area contributed by atoms with E-state index in [1.807, 2.05) is 20.2 Å². The summed E-state index contributed by atoms with van der Waals surface area (Å²) in [6.45, 7) is 3.11. The van der Waals surface area contributed by atoms with Crippen molar-refractivity contribution < 1.29 is 9.53 Å². The third kappa shape index (κ3) is 3.50. The molecule has 0 saturated heterocycles. The lowest BCUT2D eigenvalue weighted by Crippen LogP contribution is -2.14. The largest absolute Gasteiger partial charge is 0.462 e. The average molecular weight is 242 g/mol. The maximum absolute atomic E-state index is 11.5. The molecule has 0 unspecified atom stereocenters. The molecular formula is C11H18N2O2S. The summed E-state index contributed by atoms with van der Waals surface area (Å²) in [4.78, 5) is 14.7. The lowest BCUT2D eigenvalue weighted by molar-refractivity contribution is 0.0528. The SMILES string of the molecule is CCOC(=O)c1cc(CCN(C)C)sc1N. The second-order valence-electron chi connectivity index (χ2n) is 3.76. The van der Waals surface area contributed by atoms with Gasteiger partial charge in [-0.1, -0.05) is 0 Å². The van der Waals surface area contributed by atoms with E-state index in [4.69, 9.17) is 10.5 Å². The quantitative estimate of drug-likeness (QED) is 0.797. The Kier molecular flexibility index (Phi) is 4.76. The normalized spacial score (nSPS) is 10.8. The van der Waals surface area contributed by atoms with E-state index in [9.17, 15) is 4.79 Å². The molecule has 2 N–H and O–H groups in total. The standard InChI is InChI=1S/C11H18N2O2S/c1-4-15-11(14)9-7-8(16-10(9)12)5-6-13(2)3/h7H,4-6,12H2,1-3H3. The Bertz CT molecular complexity index is 361. The number of likely N-dealkylation sites (N-methyl/N-ethyl adjacent to an activating group) is 1. The highest BCUT2D eigenvalue weighted by Gasteiger charge is 2.14. The molecule has 1 heterocycles. The van der Waals surface area contributed by atoms with E-state index >= 15 is 0 Å². The van der Waals surface area contributed by atoms with Gasteiger partial charge in [0.25, 0.3) is 0 Å². The zero-order valence-electron chi connectivity index (χ0n) is 9.95. The monoisotopic (exact) mass is 242 g/mol. The molecule has 4 nitrogen and oxygen atoms in total. The van der Waals surface area contributed by atoms with Gasteiger partial charge in [0, 0.05) is 11.4 Å². The molecule has 1 aromatic rings. The molecule has 0 saturated carbocycles. The molecule has 0 bridgehead atoms. The zero-order valence-corrected chi connectivity index (χ0v) is 10.8. The highest BCUT2D eigenvalue weighted by atomic mass is 32.1. The summed E-state index contributed by atoms with van der Waals surface area (Å²) in [6.07, 6.45) is 0.904. The number of anilines is 1. The van der Waals surface area contributed by atoms with Crippen LogP contribution < -0.4 is 5.73 Å². The molecule has 1 aromatic heterocycles. The van der Waals surface area contributed by atoms with Crippen LogP contribution in [0.2, 0.25) is 0 Å². The maximum atomic E-state index is 11.5. The van der Waals surface area contributed by atoms with Crippen LogP contribution in [0.3, 0.4) is 0 Å². The highest BCUT2D eigenvalue weighted by molar-refractivity contribution is 7.16. The van der Waals surface area contributed by atoms with Crippen LogP contribution in [-0.4, -0.2) is 38.1 Å². The van der Waals surface area contributed by atoms with Gasteiger partial charge in [-0.25, -0.2) is 4.79 Å². The highest BCUT2D eigenvalue weighted by Crippen LogP contribution is 2.26. The minimum atomic E-state index is -0.327. The van der Waals surface area contributed by atoms with Crippen molar-refractivity contribution in [2.75, 3.05) is 33.0 Å². The Morgan fingerprint density at radius 2 is 2.25 bits per heavy atom. The van der Waals surface area contributed by atoms with Gasteiger partial charge in [-0.3, -0.25) is 0 Å². The lowest BCUT2D eigenvalue weighted by atomic mass is 10.2. The first-order valence-electron chi connectivity index (χ1n) is 5.24.